The van der Waals surface area contributed by atoms with E-state index in [1.807, 2.05) is 67.0 Å². The molecule has 232 valence electrons. The van der Waals surface area contributed by atoms with Crippen molar-refractivity contribution < 1.29 is 4.79 Å². The average Bonchev–Trinajstić information content (AvgIpc) is 3.49. The summed E-state index contributed by atoms with van der Waals surface area (Å²) in [5.74, 6) is 0.610. The smallest absolute Gasteiger partial charge is 0.312 e. The molecule has 0 unspecified atom stereocenters. The Labute approximate surface area is 270 Å². The fourth-order valence-electron chi connectivity index (χ4n) is 5.47. The fourth-order valence-corrected chi connectivity index (χ4v) is 5.47. The van der Waals surface area contributed by atoms with Crippen molar-refractivity contribution >= 4 is 28.3 Å². The third-order valence-corrected chi connectivity index (χ3v) is 8.10. The number of rotatable bonds is 9. The lowest BCUT2D eigenvalue weighted by Gasteiger charge is -2.14. The second-order valence-electron chi connectivity index (χ2n) is 12.7. The van der Waals surface area contributed by atoms with Crippen molar-refractivity contribution in [2.24, 2.45) is 0 Å². The molecule has 0 spiro atoms. The molecule has 2 amide bonds. The van der Waals surface area contributed by atoms with Crippen LogP contribution in [0.15, 0.2) is 116 Å². The highest BCUT2D eigenvalue weighted by molar-refractivity contribution is 6.09. The number of hydrogen-bond donors (Lipinski definition) is 3. The number of anilines is 2. The van der Waals surface area contributed by atoms with Gasteiger partial charge in [0.2, 0.25) is 0 Å². The van der Waals surface area contributed by atoms with E-state index >= 15 is 0 Å². The molecule has 0 atom stereocenters. The predicted molar refractivity (Wildman–Crippen MR) is 189 cm³/mol. The second kappa shape index (κ2) is 13.4. The molecule has 0 radical (unpaired) electrons. The van der Waals surface area contributed by atoms with E-state index in [1.165, 1.54) is 11.1 Å². The molecule has 2 heterocycles. The van der Waals surface area contributed by atoms with Crippen LogP contribution in [0.25, 0.3) is 27.6 Å². The molecule has 4 aromatic carbocycles. The summed E-state index contributed by atoms with van der Waals surface area (Å²) in [6, 6.07) is 34.7. The summed E-state index contributed by atoms with van der Waals surface area (Å²) in [6.07, 6.45) is 4.64. The first-order valence-corrected chi connectivity index (χ1v) is 15.7. The van der Waals surface area contributed by atoms with Gasteiger partial charge in [-0.25, -0.2) is 9.48 Å². The quantitative estimate of drug-likeness (QED) is 0.143. The van der Waals surface area contributed by atoms with Crippen LogP contribution in [-0.4, -0.2) is 27.3 Å². The van der Waals surface area contributed by atoms with Gasteiger partial charge in [-0.2, -0.15) is 5.10 Å². The molecule has 0 bridgehead atoms. The van der Waals surface area contributed by atoms with Crippen LogP contribution < -0.4 is 16.0 Å². The Morgan fingerprint density at radius 1 is 0.783 bits per heavy atom. The number of aromatic nitrogens is 3. The van der Waals surface area contributed by atoms with Gasteiger partial charge in [-0.3, -0.25) is 10.3 Å². The Morgan fingerprint density at radius 2 is 1.50 bits per heavy atom. The van der Waals surface area contributed by atoms with E-state index in [0.29, 0.717) is 5.82 Å². The number of carbonyl (C=O) groups is 1. The lowest BCUT2D eigenvalue weighted by Crippen LogP contribution is -2.21. The number of nitrogens with zero attached hydrogens (tertiary/aromatic N) is 3. The highest BCUT2D eigenvalue weighted by atomic mass is 16.2. The van der Waals surface area contributed by atoms with E-state index in [0.717, 1.165) is 64.0 Å². The largest absolute Gasteiger partial charge is 0.324 e. The molecule has 0 fully saturated rings. The zero-order valence-corrected chi connectivity index (χ0v) is 26.8. The van der Waals surface area contributed by atoms with E-state index in [9.17, 15) is 4.79 Å². The van der Waals surface area contributed by atoms with Crippen LogP contribution in [0.2, 0.25) is 0 Å². The van der Waals surface area contributed by atoms with Gasteiger partial charge in [0.1, 0.15) is 5.82 Å². The minimum atomic E-state index is -0.326. The first kappa shape index (κ1) is 30.7. The molecule has 0 aliphatic carbocycles. The summed E-state index contributed by atoms with van der Waals surface area (Å²) in [7, 11) is 0. The molecule has 6 aromatic rings. The van der Waals surface area contributed by atoms with Gasteiger partial charge in [-0.1, -0.05) is 93.1 Å². The lowest BCUT2D eigenvalue weighted by atomic mass is 9.92. The Kier molecular flexibility index (Phi) is 8.94. The number of amides is 2. The van der Waals surface area contributed by atoms with Crippen LogP contribution >= 0.6 is 0 Å². The summed E-state index contributed by atoms with van der Waals surface area (Å²) in [5.41, 5.74) is 8.27. The molecule has 0 saturated heterocycles. The van der Waals surface area contributed by atoms with Crippen LogP contribution in [-0.2, 0) is 18.4 Å². The second-order valence-corrected chi connectivity index (χ2v) is 12.7. The SMILES string of the molecule is Cc1ccc(-n2nc(C(C)(C)C)cc2NC(=O)Nc2ccc(-c3ccc(CNCCc4ccncc4)cc3)c3ccccc23)cc1. The topological polar surface area (TPSA) is 83.9 Å². The summed E-state index contributed by atoms with van der Waals surface area (Å²) in [5, 5.41) is 16.6. The molecule has 7 nitrogen and oxygen atoms in total. The molecule has 0 saturated carbocycles. The van der Waals surface area contributed by atoms with E-state index in [2.05, 4.69) is 97.2 Å². The standard InChI is InChI=1S/C39H40N6O/c1-27-9-15-31(16-10-27)45-37(25-36(44-45)39(2,3)4)43-38(46)42-35-18-17-32(33-7-5-6-8-34(33)35)30-13-11-29(12-14-30)26-41-24-21-28-19-22-40-23-20-28/h5-20,22-23,25,41H,21,24,26H2,1-4H3,(H2,42,43,46). The monoisotopic (exact) mass is 608 g/mol. The summed E-state index contributed by atoms with van der Waals surface area (Å²) in [4.78, 5) is 17.5. The predicted octanol–water partition coefficient (Wildman–Crippen LogP) is 8.67. The van der Waals surface area contributed by atoms with Gasteiger partial charge in [0, 0.05) is 35.8 Å². The van der Waals surface area contributed by atoms with Gasteiger partial charge in [0.25, 0.3) is 0 Å². The fraction of sp³-hybridized carbons (Fsp3) is 0.205. The third-order valence-electron chi connectivity index (χ3n) is 8.10. The van der Waals surface area contributed by atoms with Crippen molar-refractivity contribution in [3.8, 4) is 16.8 Å². The number of fused-ring (bicyclic) bond motifs is 1. The molecule has 0 aliphatic rings. The molecule has 3 N–H and O–H groups in total. The van der Waals surface area contributed by atoms with E-state index < -0.39 is 0 Å². The Balaban J connectivity index is 1.17. The van der Waals surface area contributed by atoms with Crippen LogP contribution in [0.5, 0.6) is 0 Å². The molecule has 7 heteroatoms. The normalized spacial score (nSPS) is 11.5. The minimum absolute atomic E-state index is 0.177. The zero-order valence-electron chi connectivity index (χ0n) is 26.8. The van der Waals surface area contributed by atoms with Gasteiger partial charge in [0.05, 0.1) is 17.1 Å². The number of carbonyl (C=O) groups excluding carboxylic acids is 1. The van der Waals surface area contributed by atoms with Gasteiger partial charge >= 0.3 is 6.03 Å². The minimum Gasteiger partial charge on any atom is -0.312 e. The number of aryl methyl sites for hydroxylation is 1. The highest BCUT2D eigenvalue weighted by Gasteiger charge is 2.22. The lowest BCUT2D eigenvalue weighted by molar-refractivity contribution is 0.262. The number of hydrogen-bond acceptors (Lipinski definition) is 4. The van der Waals surface area contributed by atoms with Crippen molar-refractivity contribution in [3.05, 3.63) is 138 Å². The third kappa shape index (κ3) is 7.16. The van der Waals surface area contributed by atoms with Crippen LogP contribution in [0.1, 0.15) is 43.2 Å². The highest BCUT2D eigenvalue weighted by Crippen LogP contribution is 2.34. The molecule has 2 aromatic heterocycles. The van der Waals surface area contributed by atoms with Gasteiger partial charge in [-0.05, 0) is 77.9 Å². The van der Waals surface area contributed by atoms with Gasteiger partial charge in [-0.15, -0.1) is 0 Å². The maximum absolute atomic E-state index is 13.4. The molecular weight excluding hydrogens is 568 g/mol. The van der Waals surface area contributed by atoms with Crippen LogP contribution in [0, 0.1) is 6.92 Å². The molecular formula is C39H40N6O. The molecule has 0 aliphatic heterocycles. The zero-order chi connectivity index (χ0) is 32.1. The number of nitrogens with one attached hydrogen (secondary N) is 3. The molecule has 46 heavy (non-hydrogen) atoms. The van der Waals surface area contributed by atoms with E-state index in [1.54, 1.807) is 4.68 Å². The van der Waals surface area contributed by atoms with E-state index in [4.69, 9.17) is 5.10 Å². The van der Waals surface area contributed by atoms with Crippen molar-refractivity contribution in [2.75, 3.05) is 17.2 Å². The van der Waals surface area contributed by atoms with Crippen molar-refractivity contribution in [2.45, 2.75) is 46.1 Å². The van der Waals surface area contributed by atoms with Crippen molar-refractivity contribution in [1.29, 1.82) is 0 Å². The Hall–Kier alpha value is -5.27. The van der Waals surface area contributed by atoms with Crippen LogP contribution in [0.3, 0.4) is 0 Å². The summed E-state index contributed by atoms with van der Waals surface area (Å²) in [6.45, 7) is 10.1. The first-order valence-electron chi connectivity index (χ1n) is 15.7. The van der Waals surface area contributed by atoms with Crippen molar-refractivity contribution in [1.82, 2.24) is 20.1 Å². The Morgan fingerprint density at radius 3 is 2.22 bits per heavy atom. The maximum atomic E-state index is 13.4. The molecule has 6 rings (SSSR count). The van der Waals surface area contributed by atoms with Gasteiger partial charge < -0.3 is 10.6 Å². The van der Waals surface area contributed by atoms with Crippen LogP contribution in [0.4, 0.5) is 16.3 Å². The summed E-state index contributed by atoms with van der Waals surface area (Å²) >= 11 is 0. The number of pyridine rings is 1. The number of benzene rings is 4. The van der Waals surface area contributed by atoms with Crippen molar-refractivity contribution in [3.63, 3.8) is 0 Å². The number of urea groups is 1. The van der Waals surface area contributed by atoms with Gasteiger partial charge in [0.15, 0.2) is 0 Å². The average molecular weight is 609 g/mol. The maximum Gasteiger partial charge on any atom is 0.324 e. The first-order chi connectivity index (χ1) is 22.2. The Bertz CT molecular complexity index is 1940. The van der Waals surface area contributed by atoms with E-state index in [-0.39, 0.29) is 11.4 Å². The summed E-state index contributed by atoms with van der Waals surface area (Å²) < 4.78 is 1.79.